The molecule has 2 aliphatic carbocycles. The van der Waals surface area contributed by atoms with Crippen molar-refractivity contribution in [2.45, 2.75) is 76.3 Å². The molecule has 2 fully saturated rings. The van der Waals surface area contributed by atoms with Gasteiger partial charge >= 0.3 is 0 Å². The van der Waals surface area contributed by atoms with E-state index in [2.05, 4.69) is 16.7 Å². The molecule has 0 aliphatic heterocycles. The lowest BCUT2D eigenvalue weighted by Gasteiger charge is -2.24. The molecule has 0 aromatic heterocycles. The van der Waals surface area contributed by atoms with Gasteiger partial charge in [0.15, 0.2) is 0 Å². The van der Waals surface area contributed by atoms with Crippen LogP contribution in [0.5, 0.6) is 0 Å². The van der Waals surface area contributed by atoms with Crippen LogP contribution in [0.2, 0.25) is 0 Å². The first kappa shape index (κ1) is 15.4. The lowest BCUT2D eigenvalue weighted by molar-refractivity contribution is 0.0928. The molecule has 1 aromatic carbocycles. The van der Waals surface area contributed by atoms with E-state index in [1.54, 1.807) is 0 Å². The minimum atomic E-state index is 0.0826. The highest BCUT2D eigenvalue weighted by Crippen LogP contribution is 2.22. The number of amides is 1. The number of hydrogen-bond acceptors (Lipinski definition) is 2. The summed E-state index contributed by atoms with van der Waals surface area (Å²) in [5.41, 5.74) is 1.87. The highest BCUT2D eigenvalue weighted by atomic mass is 16.1. The van der Waals surface area contributed by atoms with Crippen LogP contribution in [-0.4, -0.2) is 18.0 Å². The molecule has 0 unspecified atom stereocenters. The van der Waals surface area contributed by atoms with Gasteiger partial charge in [0.25, 0.3) is 5.91 Å². The SMILES string of the molecule is O=C(NC1CCCCC1)c1cccc(NC2CCCCC2)c1. The molecule has 2 aliphatic rings. The predicted octanol–water partition coefficient (Wildman–Crippen LogP) is 4.49. The molecular formula is C19H28N2O. The third-order valence-corrected chi connectivity index (χ3v) is 5.04. The summed E-state index contributed by atoms with van der Waals surface area (Å²) >= 11 is 0. The van der Waals surface area contributed by atoms with Crippen LogP contribution in [0, 0.1) is 0 Å². The van der Waals surface area contributed by atoms with Crippen LogP contribution in [0.1, 0.15) is 74.6 Å². The van der Waals surface area contributed by atoms with Gasteiger partial charge in [-0.1, -0.05) is 44.6 Å². The zero-order valence-corrected chi connectivity index (χ0v) is 13.4. The number of hydrogen-bond donors (Lipinski definition) is 2. The molecule has 0 atom stereocenters. The van der Waals surface area contributed by atoms with E-state index >= 15 is 0 Å². The Labute approximate surface area is 133 Å². The molecule has 3 nitrogen and oxygen atoms in total. The van der Waals surface area contributed by atoms with Crippen molar-refractivity contribution < 1.29 is 4.79 Å². The quantitative estimate of drug-likeness (QED) is 0.860. The Kier molecular flexibility index (Phi) is 5.36. The first-order chi connectivity index (χ1) is 10.8. The van der Waals surface area contributed by atoms with Crippen molar-refractivity contribution in [1.82, 2.24) is 5.32 Å². The molecule has 2 saturated carbocycles. The summed E-state index contributed by atoms with van der Waals surface area (Å²) in [7, 11) is 0. The monoisotopic (exact) mass is 300 g/mol. The van der Waals surface area contributed by atoms with Crippen molar-refractivity contribution in [2.75, 3.05) is 5.32 Å². The third-order valence-electron chi connectivity index (χ3n) is 5.04. The number of anilines is 1. The van der Waals surface area contributed by atoms with E-state index in [4.69, 9.17) is 0 Å². The van der Waals surface area contributed by atoms with E-state index in [-0.39, 0.29) is 5.91 Å². The number of nitrogens with one attached hydrogen (secondary N) is 2. The largest absolute Gasteiger partial charge is 0.382 e. The van der Waals surface area contributed by atoms with Crippen molar-refractivity contribution in [3.05, 3.63) is 29.8 Å². The molecule has 1 amide bonds. The zero-order chi connectivity index (χ0) is 15.2. The van der Waals surface area contributed by atoms with E-state index in [1.807, 2.05) is 18.2 Å². The van der Waals surface area contributed by atoms with Gasteiger partial charge in [-0.25, -0.2) is 0 Å². The Hall–Kier alpha value is -1.51. The standard InChI is InChI=1S/C19H28N2O/c22-19(21-17-11-5-2-6-12-17)15-8-7-13-18(14-15)20-16-9-3-1-4-10-16/h7-8,13-14,16-17,20H,1-6,9-12H2,(H,21,22). The predicted molar refractivity (Wildman–Crippen MR) is 91.3 cm³/mol. The van der Waals surface area contributed by atoms with E-state index in [9.17, 15) is 4.79 Å². The molecule has 0 spiro atoms. The Morgan fingerprint density at radius 3 is 2.18 bits per heavy atom. The van der Waals surface area contributed by atoms with Crippen LogP contribution in [-0.2, 0) is 0 Å². The second-order valence-electron chi connectivity index (χ2n) is 6.87. The maximum absolute atomic E-state index is 12.4. The number of rotatable bonds is 4. The molecule has 0 radical (unpaired) electrons. The van der Waals surface area contributed by atoms with Gasteiger partial charge in [0, 0.05) is 23.3 Å². The normalized spacial score (nSPS) is 20.5. The Balaban J connectivity index is 1.58. The third kappa shape index (κ3) is 4.25. The van der Waals surface area contributed by atoms with Gasteiger partial charge in [0.1, 0.15) is 0 Å². The van der Waals surface area contributed by atoms with Crippen molar-refractivity contribution in [2.24, 2.45) is 0 Å². The van der Waals surface area contributed by atoms with Gasteiger partial charge in [-0.3, -0.25) is 4.79 Å². The van der Waals surface area contributed by atoms with Crippen LogP contribution < -0.4 is 10.6 Å². The zero-order valence-electron chi connectivity index (χ0n) is 13.4. The Bertz CT molecular complexity index is 488. The van der Waals surface area contributed by atoms with Crippen molar-refractivity contribution >= 4 is 11.6 Å². The second-order valence-corrected chi connectivity index (χ2v) is 6.87. The number of carbonyl (C=O) groups is 1. The summed E-state index contributed by atoms with van der Waals surface area (Å²) in [4.78, 5) is 12.4. The van der Waals surface area contributed by atoms with Crippen molar-refractivity contribution in [1.29, 1.82) is 0 Å². The Morgan fingerprint density at radius 1 is 0.864 bits per heavy atom. The smallest absolute Gasteiger partial charge is 0.251 e. The molecule has 1 aromatic rings. The average Bonchev–Trinajstić information content (AvgIpc) is 2.57. The fourth-order valence-electron chi connectivity index (χ4n) is 3.75. The van der Waals surface area contributed by atoms with Gasteiger partial charge in [-0.15, -0.1) is 0 Å². The number of benzene rings is 1. The first-order valence-electron chi connectivity index (χ1n) is 8.99. The minimum absolute atomic E-state index is 0.0826. The van der Waals surface area contributed by atoms with Crippen LogP contribution in [0.3, 0.4) is 0 Å². The minimum Gasteiger partial charge on any atom is -0.382 e. The Morgan fingerprint density at radius 2 is 1.50 bits per heavy atom. The van der Waals surface area contributed by atoms with Gasteiger partial charge in [0.2, 0.25) is 0 Å². The van der Waals surface area contributed by atoms with Crippen molar-refractivity contribution in [3.63, 3.8) is 0 Å². The number of carbonyl (C=O) groups excluding carboxylic acids is 1. The van der Waals surface area contributed by atoms with Crippen LogP contribution in [0.15, 0.2) is 24.3 Å². The maximum atomic E-state index is 12.4. The van der Waals surface area contributed by atoms with E-state index < -0.39 is 0 Å². The fraction of sp³-hybridized carbons (Fsp3) is 0.632. The van der Waals surface area contributed by atoms with Gasteiger partial charge in [-0.05, 0) is 43.9 Å². The molecule has 120 valence electrons. The van der Waals surface area contributed by atoms with E-state index in [1.165, 1.54) is 51.4 Å². The van der Waals surface area contributed by atoms with E-state index in [0.29, 0.717) is 12.1 Å². The summed E-state index contributed by atoms with van der Waals surface area (Å²) < 4.78 is 0. The summed E-state index contributed by atoms with van der Waals surface area (Å²) in [5, 5.41) is 6.80. The molecular weight excluding hydrogens is 272 g/mol. The highest BCUT2D eigenvalue weighted by Gasteiger charge is 2.17. The molecule has 0 heterocycles. The molecule has 2 N–H and O–H groups in total. The molecule has 0 saturated heterocycles. The van der Waals surface area contributed by atoms with Crippen LogP contribution >= 0.6 is 0 Å². The molecule has 3 heteroatoms. The van der Waals surface area contributed by atoms with E-state index in [0.717, 1.165) is 24.1 Å². The van der Waals surface area contributed by atoms with Crippen LogP contribution in [0.4, 0.5) is 5.69 Å². The van der Waals surface area contributed by atoms with Crippen LogP contribution in [0.25, 0.3) is 0 Å². The van der Waals surface area contributed by atoms with Gasteiger partial charge in [-0.2, -0.15) is 0 Å². The molecule has 22 heavy (non-hydrogen) atoms. The lowest BCUT2D eigenvalue weighted by Crippen LogP contribution is -2.36. The maximum Gasteiger partial charge on any atom is 0.251 e. The lowest BCUT2D eigenvalue weighted by atomic mass is 9.95. The average molecular weight is 300 g/mol. The second kappa shape index (κ2) is 7.66. The summed E-state index contributed by atoms with van der Waals surface area (Å²) in [6, 6.07) is 8.94. The molecule has 0 bridgehead atoms. The topological polar surface area (TPSA) is 41.1 Å². The first-order valence-corrected chi connectivity index (χ1v) is 8.99. The van der Waals surface area contributed by atoms with Gasteiger partial charge < -0.3 is 10.6 Å². The van der Waals surface area contributed by atoms with Gasteiger partial charge in [0.05, 0.1) is 0 Å². The fourth-order valence-corrected chi connectivity index (χ4v) is 3.75. The summed E-state index contributed by atoms with van der Waals surface area (Å²) in [6.45, 7) is 0. The highest BCUT2D eigenvalue weighted by molar-refractivity contribution is 5.95. The van der Waals surface area contributed by atoms with Crippen molar-refractivity contribution in [3.8, 4) is 0 Å². The summed E-state index contributed by atoms with van der Waals surface area (Å²) in [6.07, 6.45) is 12.6. The molecule has 3 rings (SSSR count). The summed E-state index contributed by atoms with van der Waals surface area (Å²) in [5.74, 6) is 0.0826.